The normalized spacial score (nSPS) is 32.8. The van der Waals surface area contributed by atoms with Crippen molar-refractivity contribution in [2.45, 2.75) is 63.3 Å². The number of rotatable bonds is 1. The first-order valence-electron chi connectivity index (χ1n) is 7.66. The number of hydrogen-bond acceptors (Lipinski definition) is 4. The molecule has 0 bridgehead atoms. The van der Waals surface area contributed by atoms with Crippen LogP contribution >= 0.6 is 0 Å². The predicted molar refractivity (Wildman–Crippen MR) is 70.7 cm³/mol. The molecular weight excluding hydrogens is 240 g/mol. The molecule has 0 aromatic carbocycles. The fourth-order valence-electron chi connectivity index (χ4n) is 3.98. The van der Waals surface area contributed by atoms with E-state index in [1.54, 1.807) is 0 Å². The predicted octanol–water partition coefficient (Wildman–Crippen LogP) is 1.76. The molecule has 2 aliphatic heterocycles. The summed E-state index contributed by atoms with van der Waals surface area (Å²) in [7, 11) is 0. The van der Waals surface area contributed by atoms with Gasteiger partial charge in [-0.2, -0.15) is 0 Å². The van der Waals surface area contributed by atoms with Crippen molar-refractivity contribution in [2.75, 3.05) is 13.1 Å². The second kappa shape index (κ2) is 4.87. The lowest BCUT2D eigenvalue weighted by molar-refractivity contribution is -0.0747. The van der Waals surface area contributed by atoms with Gasteiger partial charge < -0.3 is 4.74 Å². The molecular formula is C14H22N4O. The first-order chi connectivity index (χ1) is 9.42. The van der Waals surface area contributed by atoms with Gasteiger partial charge in [0.25, 0.3) is 0 Å². The molecule has 0 N–H and O–H groups in total. The van der Waals surface area contributed by atoms with Crippen molar-refractivity contribution in [3.05, 3.63) is 11.9 Å². The Morgan fingerprint density at radius 2 is 2.05 bits per heavy atom. The van der Waals surface area contributed by atoms with Crippen LogP contribution in [0.15, 0.2) is 6.20 Å². The van der Waals surface area contributed by atoms with Gasteiger partial charge in [-0.3, -0.25) is 4.90 Å². The molecule has 1 aromatic heterocycles. The largest absolute Gasteiger partial charge is 0.370 e. The van der Waals surface area contributed by atoms with E-state index >= 15 is 0 Å². The van der Waals surface area contributed by atoms with Crippen molar-refractivity contribution in [1.82, 2.24) is 19.9 Å². The molecule has 0 unspecified atom stereocenters. The molecule has 1 aliphatic carbocycles. The average molecular weight is 262 g/mol. The van der Waals surface area contributed by atoms with Gasteiger partial charge in [-0.15, -0.1) is 5.10 Å². The summed E-state index contributed by atoms with van der Waals surface area (Å²) in [6.07, 6.45) is 10.3. The van der Waals surface area contributed by atoms with E-state index < -0.39 is 0 Å². The zero-order valence-electron chi connectivity index (χ0n) is 11.4. The molecule has 104 valence electrons. The minimum absolute atomic E-state index is 0.342. The summed E-state index contributed by atoms with van der Waals surface area (Å²) in [6.45, 7) is 2.96. The van der Waals surface area contributed by atoms with Crippen LogP contribution in [0, 0.1) is 0 Å². The zero-order valence-corrected chi connectivity index (χ0v) is 11.4. The third-order valence-electron chi connectivity index (χ3n) is 5.05. The van der Waals surface area contributed by atoms with Crippen molar-refractivity contribution in [2.24, 2.45) is 0 Å². The summed E-state index contributed by atoms with van der Waals surface area (Å²) >= 11 is 0. The number of aromatic nitrogens is 3. The van der Waals surface area contributed by atoms with Crippen molar-refractivity contribution in [3.63, 3.8) is 0 Å². The molecule has 0 amide bonds. The van der Waals surface area contributed by atoms with Crippen molar-refractivity contribution in [1.29, 1.82) is 0 Å². The summed E-state index contributed by atoms with van der Waals surface area (Å²) in [5, 5.41) is 8.33. The standard InChI is InChI=1S/C14H22N4O/c1-2-4-11(5-3-1)17-7-6-14-13(9-17)18-12(10-19-14)8-15-16-18/h8,11,13-14H,1-7,9-10H2/t13-,14+/m1/s1. The Hall–Kier alpha value is -0.940. The summed E-state index contributed by atoms with van der Waals surface area (Å²) in [5.41, 5.74) is 1.13. The lowest BCUT2D eigenvalue weighted by atomic mass is 9.91. The molecule has 4 rings (SSSR count). The molecule has 1 aromatic rings. The monoisotopic (exact) mass is 262 g/mol. The number of ether oxygens (including phenoxy) is 1. The highest BCUT2D eigenvalue weighted by Crippen LogP contribution is 2.33. The third kappa shape index (κ3) is 2.09. The van der Waals surface area contributed by atoms with Gasteiger partial charge in [0, 0.05) is 19.1 Å². The van der Waals surface area contributed by atoms with Crippen molar-refractivity contribution in [3.8, 4) is 0 Å². The SMILES string of the molecule is c1nnn2c1CO[C@H]1CCN(C3CCCCC3)C[C@H]12. The summed E-state index contributed by atoms with van der Waals surface area (Å²) < 4.78 is 8.09. The van der Waals surface area contributed by atoms with Gasteiger partial charge >= 0.3 is 0 Å². The number of likely N-dealkylation sites (tertiary alicyclic amines) is 1. The highest BCUT2D eigenvalue weighted by atomic mass is 16.5. The minimum atomic E-state index is 0.342. The zero-order chi connectivity index (χ0) is 12.7. The number of fused-ring (bicyclic) bond motifs is 3. The second-order valence-corrected chi connectivity index (χ2v) is 6.16. The molecule has 0 spiro atoms. The van der Waals surface area contributed by atoms with E-state index in [9.17, 15) is 0 Å². The van der Waals surface area contributed by atoms with Gasteiger partial charge in [0.05, 0.1) is 30.6 Å². The Morgan fingerprint density at radius 3 is 2.95 bits per heavy atom. The Labute approximate surface area is 113 Å². The van der Waals surface area contributed by atoms with E-state index in [4.69, 9.17) is 4.74 Å². The Balaban J connectivity index is 1.52. The van der Waals surface area contributed by atoms with E-state index in [2.05, 4.69) is 19.9 Å². The molecule has 3 aliphatic rings. The summed E-state index contributed by atoms with van der Waals surface area (Å²) in [6, 6.07) is 1.17. The fourth-order valence-corrected chi connectivity index (χ4v) is 3.98. The Morgan fingerprint density at radius 1 is 1.16 bits per heavy atom. The van der Waals surface area contributed by atoms with Gasteiger partial charge in [0.15, 0.2) is 0 Å². The van der Waals surface area contributed by atoms with Crippen LogP contribution in [-0.4, -0.2) is 45.1 Å². The van der Waals surface area contributed by atoms with Crippen LogP contribution in [0.3, 0.4) is 0 Å². The number of hydrogen-bond donors (Lipinski definition) is 0. The Kier molecular flexibility index (Phi) is 3.04. The lowest BCUT2D eigenvalue weighted by Crippen LogP contribution is -2.51. The maximum absolute atomic E-state index is 5.97. The van der Waals surface area contributed by atoms with Gasteiger partial charge in [0.1, 0.15) is 0 Å². The minimum Gasteiger partial charge on any atom is -0.370 e. The van der Waals surface area contributed by atoms with Crippen LogP contribution in [0.4, 0.5) is 0 Å². The average Bonchev–Trinajstić information content (AvgIpc) is 2.96. The van der Waals surface area contributed by atoms with Crippen molar-refractivity contribution < 1.29 is 4.74 Å². The van der Waals surface area contributed by atoms with Crippen LogP contribution in [0.5, 0.6) is 0 Å². The second-order valence-electron chi connectivity index (χ2n) is 6.16. The first kappa shape index (κ1) is 11.9. The molecule has 2 fully saturated rings. The van der Waals surface area contributed by atoms with Crippen LogP contribution < -0.4 is 0 Å². The third-order valence-corrected chi connectivity index (χ3v) is 5.05. The molecule has 19 heavy (non-hydrogen) atoms. The Bertz CT molecular complexity index is 440. The molecule has 2 atom stereocenters. The van der Waals surface area contributed by atoms with Gasteiger partial charge in [-0.1, -0.05) is 24.5 Å². The maximum Gasteiger partial charge on any atom is 0.0930 e. The topological polar surface area (TPSA) is 43.2 Å². The molecule has 0 radical (unpaired) electrons. The van der Waals surface area contributed by atoms with E-state index in [0.717, 1.165) is 24.7 Å². The van der Waals surface area contributed by atoms with Crippen LogP contribution in [0.2, 0.25) is 0 Å². The van der Waals surface area contributed by atoms with Crippen molar-refractivity contribution >= 4 is 0 Å². The van der Waals surface area contributed by atoms with E-state index in [1.165, 1.54) is 38.6 Å². The van der Waals surface area contributed by atoms with E-state index in [0.29, 0.717) is 18.8 Å². The van der Waals surface area contributed by atoms with E-state index in [1.807, 2.05) is 6.20 Å². The highest BCUT2D eigenvalue weighted by molar-refractivity contribution is 5.01. The lowest BCUT2D eigenvalue weighted by Gasteiger charge is -2.44. The van der Waals surface area contributed by atoms with E-state index in [-0.39, 0.29) is 0 Å². The fraction of sp³-hybridized carbons (Fsp3) is 0.857. The van der Waals surface area contributed by atoms with Gasteiger partial charge in [0.2, 0.25) is 0 Å². The van der Waals surface area contributed by atoms with Crippen LogP contribution in [0.25, 0.3) is 0 Å². The summed E-state index contributed by atoms with van der Waals surface area (Å²) in [5.74, 6) is 0. The quantitative estimate of drug-likeness (QED) is 0.773. The highest BCUT2D eigenvalue weighted by Gasteiger charge is 2.38. The molecule has 3 heterocycles. The molecule has 1 saturated heterocycles. The molecule has 5 heteroatoms. The van der Waals surface area contributed by atoms with Gasteiger partial charge in [-0.05, 0) is 19.3 Å². The first-order valence-corrected chi connectivity index (χ1v) is 7.66. The maximum atomic E-state index is 5.97. The number of nitrogens with zero attached hydrogens (tertiary/aromatic N) is 4. The van der Waals surface area contributed by atoms with Crippen LogP contribution in [-0.2, 0) is 11.3 Å². The smallest absolute Gasteiger partial charge is 0.0930 e. The number of piperidine rings is 1. The molecule has 1 saturated carbocycles. The molecule has 5 nitrogen and oxygen atoms in total. The summed E-state index contributed by atoms with van der Waals surface area (Å²) in [4.78, 5) is 2.68. The van der Waals surface area contributed by atoms with Gasteiger partial charge in [-0.25, -0.2) is 4.68 Å². The van der Waals surface area contributed by atoms with Crippen LogP contribution in [0.1, 0.15) is 50.3 Å².